The molecule has 11 heteroatoms. The Hall–Kier alpha value is -4.46. The van der Waals surface area contributed by atoms with Crippen molar-refractivity contribution in [2.24, 2.45) is 22.4 Å². The number of hydrogen-bond donors (Lipinski definition) is 7. The molecular formula is C38H43N4O7+. The first-order valence-corrected chi connectivity index (χ1v) is 16.8. The highest BCUT2D eigenvalue weighted by Crippen LogP contribution is 2.37. The number of aliphatic hydroxyl groups excluding tert-OH is 3. The van der Waals surface area contributed by atoms with Crippen LogP contribution < -0.4 is 25.8 Å². The molecule has 49 heavy (non-hydrogen) atoms. The molecule has 0 spiro atoms. The van der Waals surface area contributed by atoms with Gasteiger partial charge in [0.25, 0.3) is 6.23 Å². The van der Waals surface area contributed by atoms with E-state index in [0.717, 1.165) is 39.3 Å². The van der Waals surface area contributed by atoms with Crippen LogP contribution in [0, 0.1) is 29.8 Å². The number of fused-ring (bicyclic) bond motifs is 5. The molecule has 6 rings (SSSR count). The van der Waals surface area contributed by atoms with Crippen molar-refractivity contribution in [1.82, 2.24) is 0 Å². The zero-order valence-corrected chi connectivity index (χ0v) is 27.5. The van der Waals surface area contributed by atoms with Crippen molar-refractivity contribution < 1.29 is 39.6 Å². The minimum atomic E-state index is -1.09. The standard InChI is InChI=1S/C38H42N4O7/c1-2-4-27(43)16-29(45)17-28(44)9-6-23-15-36-35(18-34(23)47)48-12-3-5-22-8-11-33(46)30-10-7-24(37(39)40)13-25(30)14-26-19-41-32-21-42(20-31(26)32)38(22)49-36/h7,10,13,15,18-20,22,27,29,33,37-38,43,45-47H,2,4-6,9,14,16-17,21,39-40H2,1H3/p+1/t22-,27-,29+,33+,38-/m0/s1. The molecular weight excluding hydrogens is 624 g/mol. The fourth-order valence-electron chi connectivity index (χ4n) is 6.75. The first-order valence-electron chi connectivity index (χ1n) is 16.8. The summed E-state index contributed by atoms with van der Waals surface area (Å²) in [4.78, 5) is 18.4. The molecule has 0 radical (unpaired) electrons. The first-order chi connectivity index (χ1) is 23.6. The van der Waals surface area contributed by atoms with Gasteiger partial charge in [0, 0.05) is 37.9 Å². The van der Waals surface area contributed by atoms with Gasteiger partial charge in [-0.15, -0.1) is 0 Å². The second-order valence-electron chi connectivity index (χ2n) is 13.1. The molecule has 4 heterocycles. The number of rotatable bonds is 10. The predicted molar refractivity (Wildman–Crippen MR) is 182 cm³/mol. The van der Waals surface area contributed by atoms with Crippen molar-refractivity contribution in [2.45, 2.75) is 89.0 Å². The summed E-state index contributed by atoms with van der Waals surface area (Å²) in [5.74, 6) is 9.19. The topological polar surface area (TPSA) is 185 Å². The Morgan fingerprint density at radius 3 is 2.78 bits per heavy atom. The van der Waals surface area contributed by atoms with Gasteiger partial charge in [0.2, 0.25) is 0 Å². The van der Waals surface area contributed by atoms with E-state index in [9.17, 15) is 25.2 Å². The predicted octanol–water partition coefficient (Wildman–Crippen LogP) is 1.59. The second-order valence-corrected chi connectivity index (χ2v) is 13.1. The van der Waals surface area contributed by atoms with Gasteiger partial charge in [-0.25, -0.2) is 0 Å². The van der Waals surface area contributed by atoms with E-state index in [1.54, 1.807) is 12.1 Å². The number of aromatic hydroxyl groups is 1. The van der Waals surface area contributed by atoms with Crippen molar-refractivity contribution in [2.75, 3.05) is 6.54 Å². The highest BCUT2D eigenvalue weighted by molar-refractivity contribution is 6.08. The van der Waals surface area contributed by atoms with Gasteiger partial charge in [-0.1, -0.05) is 49.3 Å². The van der Waals surface area contributed by atoms with E-state index in [2.05, 4.69) is 30.1 Å². The Kier molecular flexibility index (Phi) is 10.5. The molecule has 4 aliphatic rings. The maximum Gasteiger partial charge on any atom is 0.251 e. The Balaban J connectivity index is 1.28. The van der Waals surface area contributed by atoms with Gasteiger partial charge in [-0.3, -0.25) is 14.7 Å². The third-order valence-corrected chi connectivity index (χ3v) is 9.35. The van der Waals surface area contributed by atoms with Crippen molar-refractivity contribution >= 4 is 11.5 Å². The molecule has 11 nitrogen and oxygen atoms in total. The SMILES string of the molecule is CCC[C@H](O)C[C@@H](O)CC(=O)CCc1cc2c(cc1O)OC#CC[C@H]1C#C[C@@H](O)c3ccc(C(N)N)cc3CC3=CN=C4C[NH+](C=C34)[C@H]1O2. The number of aliphatic imine (C=N–C) groups is 1. The number of carbonyl (C=O) groups is 1. The minimum absolute atomic E-state index is 0.0695. The maximum atomic E-state index is 12.7. The monoisotopic (exact) mass is 667 g/mol. The highest BCUT2D eigenvalue weighted by Gasteiger charge is 2.40. The Morgan fingerprint density at radius 2 is 1.98 bits per heavy atom. The number of nitrogens with zero attached hydrogens (tertiary/aromatic N) is 1. The van der Waals surface area contributed by atoms with Crippen LogP contribution in [0.3, 0.4) is 0 Å². The van der Waals surface area contributed by atoms with Crippen LogP contribution in [0.1, 0.15) is 80.0 Å². The van der Waals surface area contributed by atoms with E-state index >= 15 is 0 Å². The van der Waals surface area contributed by atoms with Gasteiger partial charge in [0.1, 0.15) is 48.1 Å². The van der Waals surface area contributed by atoms with Crippen molar-refractivity contribution in [3.05, 3.63) is 76.1 Å². The van der Waals surface area contributed by atoms with Crippen molar-refractivity contribution in [3.8, 4) is 41.1 Å². The number of aliphatic hydroxyl groups is 3. The molecule has 4 aliphatic heterocycles. The van der Waals surface area contributed by atoms with E-state index in [-0.39, 0.29) is 49.4 Å². The van der Waals surface area contributed by atoms with Crippen molar-refractivity contribution in [3.63, 3.8) is 0 Å². The molecule has 0 amide bonds. The molecule has 6 atom stereocenters. The summed E-state index contributed by atoms with van der Waals surface area (Å²) in [6, 6.07) is 8.63. The first kappa shape index (κ1) is 34.4. The molecule has 2 aromatic rings. The summed E-state index contributed by atoms with van der Waals surface area (Å²) in [5.41, 5.74) is 17.6. The molecule has 2 bridgehead atoms. The maximum absolute atomic E-state index is 12.7. The lowest BCUT2D eigenvalue weighted by molar-refractivity contribution is -0.886. The number of hydrogen-bond acceptors (Lipinski definition) is 10. The average molecular weight is 668 g/mol. The van der Waals surface area contributed by atoms with Gasteiger partial charge in [0.05, 0.1) is 23.9 Å². The Bertz CT molecular complexity index is 1830. The number of ketones is 1. The van der Waals surface area contributed by atoms with Gasteiger partial charge in [0.15, 0.2) is 11.5 Å². The number of quaternary nitrogens is 1. The fourth-order valence-corrected chi connectivity index (χ4v) is 6.75. The Morgan fingerprint density at radius 1 is 1.14 bits per heavy atom. The number of phenolic OH excluding ortho intramolecular Hbond substituents is 1. The molecule has 9 N–H and O–H groups in total. The van der Waals surface area contributed by atoms with Crippen LogP contribution in [0.25, 0.3) is 0 Å². The van der Waals surface area contributed by atoms with Crippen LogP contribution in [0.2, 0.25) is 0 Å². The molecule has 0 saturated carbocycles. The van der Waals surface area contributed by atoms with E-state index in [1.807, 2.05) is 25.3 Å². The summed E-state index contributed by atoms with van der Waals surface area (Å²) in [6.07, 6.45) is 5.28. The van der Waals surface area contributed by atoms with Crippen molar-refractivity contribution in [1.29, 1.82) is 0 Å². The summed E-state index contributed by atoms with van der Waals surface area (Å²) < 4.78 is 12.4. The number of nitrogens with two attached hydrogens (primary N) is 2. The van der Waals surface area contributed by atoms with Crippen LogP contribution in [0.15, 0.2) is 58.9 Å². The van der Waals surface area contributed by atoms with Gasteiger partial charge >= 0.3 is 0 Å². The number of ether oxygens (including phenoxy) is 2. The third kappa shape index (κ3) is 7.90. The summed E-state index contributed by atoms with van der Waals surface area (Å²) in [7, 11) is 0. The van der Waals surface area contributed by atoms with Crippen LogP contribution in [-0.2, 0) is 17.6 Å². The van der Waals surface area contributed by atoms with Gasteiger partial charge < -0.3 is 41.4 Å². The number of carbonyl (C=O) groups excluding carboxylic acids is 1. The molecule has 0 aliphatic carbocycles. The van der Waals surface area contributed by atoms with Crippen LogP contribution >= 0.6 is 0 Å². The zero-order valence-electron chi connectivity index (χ0n) is 27.5. The molecule has 0 saturated heterocycles. The molecule has 256 valence electrons. The normalized spacial score (nSPS) is 23.2. The zero-order chi connectivity index (χ0) is 34.7. The lowest BCUT2D eigenvalue weighted by Crippen LogP contribution is -3.13. The lowest BCUT2D eigenvalue weighted by atomic mass is 9.91. The number of allylic oxidation sites excluding steroid dienone is 1. The van der Waals surface area contributed by atoms with E-state index in [4.69, 9.17) is 25.9 Å². The molecule has 1 unspecified atom stereocenters. The number of Topliss-reactive ketones (excluding diaryl/α,β-unsaturated/α-hetero) is 1. The largest absolute Gasteiger partial charge is 0.508 e. The van der Waals surface area contributed by atoms with Crippen LogP contribution in [-0.4, -0.2) is 56.9 Å². The molecule has 2 aromatic carbocycles. The fraction of sp³-hybridized carbons (Fsp3) is 0.421. The number of aryl methyl sites for hydroxylation is 1. The van der Waals surface area contributed by atoms with E-state index in [1.165, 1.54) is 6.07 Å². The summed E-state index contributed by atoms with van der Waals surface area (Å²) in [5, 5.41) is 42.5. The lowest BCUT2D eigenvalue weighted by Gasteiger charge is -2.27. The highest BCUT2D eigenvalue weighted by atomic mass is 16.5. The quantitative estimate of drug-likeness (QED) is 0.146. The Labute approximate surface area is 285 Å². The smallest absolute Gasteiger partial charge is 0.251 e. The third-order valence-electron chi connectivity index (χ3n) is 9.35. The van der Waals surface area contributed by atoms with Crippen LogP contribution in [0.4, 0.5) is 0 Å². The number of benzene rings is 2. The summed E-state index contributed by atoms with van der Waals surface area (Å²) >= 11 is 0. The average Bonchev–Trinajstić information content (AvgIpc) is 3.66. The minimum Gasteiger partial charge on any atom is -0.508 e. The van der Waals surface area contributed by atoms with Gasteiger partial charge in [-0.2, -0.15) is 0 Å². The number of phenols is 1. The molecule has 0 fully saturated rings. The second kappa shape index (κ2) is 15.0. The van der Waals surface area contributed by atoms with Gasteiger partial charge in [-0.05, 0) is 53.2 Å². The van der Waals surface area contributed by atoms with E-state index < -0.39 is 36.6 Å². The van der Waals surface area contributed by atoms with Crippen LogP contribution in [0.5, 0.6) is 17.2 Å². The number of nitrogens with one attached hydrogen (secondary N) is 1. The van der Waals surface area contributed by atoms with E-state index in [0.29, 0.717) is 36.3 Å². The summed E-state index contributed by atoms with van der Waals surface area (Å²) in [6.45, 7) is 2.49. The molecule has 0 aromatic heterocycles.